The molecule has 1 fully saturated rings. The summed E-state index contributed by atoms with van der Waals surface area (Å²) in [5.74, 6) is -0.461. The van der Waals surface area contributed by atoms with Crippen LogP contribution in [-0.2, 0) is 4.74 Å². The molecular weight excluding hydrogens is 219 g/mol. The molecule has 1 aromatic rings. The molecule has 0 amide bonds. The first kappa shape index (κ1) is 11.9. The van der Waals surface area contributed by atoms with Crippen LogP contribution < -0.4 is 4.90 Å². The molecule has 17 heavy (non-hydrogen) atoms. The van der Waals surface area contributed by atoms with E-state index in [0.29, 0.717) is 18.8 Å². The lowest BCUT2D eigenvalue weighted by Gasteiger charge is -2.37. The van der Waals surface area contributed by atoms with E-state index >= 15 is 0 Å². The molecule has 0 radical (unpaired) electrons. The van der Waals surface area contributed by atoms with Crippen molar-refractivity contribution in [1.29, 1.82) is 5.26 Å². The van der Waals surface area contributed by atoms with Gasteiger partial charge in [-0.05, 0) is 26.0 Å². The first-order chi connectivity index (χ1) is 8.11. The highest BCUT2D eigenvalue weighted by atomic mass is 19.1. The number of benzene rings is 1. The Morgan fingerprint density at radius 2 is 2.00 bits per heavy atom. The van der Waals surface area contributed by atoms with Gasteiger partial charge in [0.15, 0.2) is 0 Å². The Bertz CT molecular complexity index is 445. The van der Waals surface area contributed by atoms with Crippen LogP contribution in [0.3, 0.4) is 0 Å². The number of rotatable bonds is 1. The summed E-state index contributed by atoms with van der Waals surface area (Å²) in [5, 5.41) is 9.01. The predicted octanol–water partition coefficient (Wildman–Crippen LogP) is 2.31. The summed E-state index contributed by atoms with van der Waals surface area (Å²) in [6, 6.07) is 6.67. The van der Waals surface area contributed by atoms with Gasteiger partial charge in [-0.2, -0.15) is 5.26 Å². The summed E-state index contributed by atoms with van der Waals surface area (Å²) < 4.78 is 19.1. The van der Waals surface area contributed by atoms with E-state index in [2.05, 4.69) is 0 Å². The van der Waals surface area contributed by atoms with Gasteiger partial charge in [-0.15, -0.1) is 0 Å². The van der Waals surface area contributed by atoms with Gasteiger partial charge >= 0.3 is 0 Å². The Kier molecular flexibility index (Phi) is 3.30. The third-order valence-electron chi connectivity index (χ3n) is 2.86. The van der Waals surface area contributed by atoms with Crippen molar-refractivity contribution in [3.05, 3.63) is 29.6 Å². The summed E-state index contributed by atoms with van der Waals surface area (Å²) in [4.78, 5) is 2.01. The zero-order valence-electron chi connectivity index (χ0n) is 9.98. The second-order valence-corrected chi connectivity index (χ2v) is 4.41. The van der Waals surface area contributed by atoms with E-state index in [0.717, 1.165) is 0 Å². The molecule has 0 bridgehead atoms. The molecule has 90 valence electrons. The quantitative estimate of drug-likeness (QED) is 0.748. The molecule has 1 aliphatic rings. The third-order valence-corrected chi connectivity index (χ3v) is 2.86. The molecule has 3 nitrogen and oxygen atoms in total. The maximum absolute atomic E-state index is 13.5. The van der Waals surface area contributed by atoms with Crippen LogP contribution in [0.1, 0.15) is 19.4 Å². The number of nitrogens with zero attached hydrogens (tertiary/aromatic N) is 2. The van der Waals surface area contributed by atoms with E-state index in [9.17, 15) is 4.39 Å². The Morgan fingerprint density at radius 3 is 2.59 bits per heavy atom. The van der Waals surface area contributed by atoms with Crippen molar-refractivity contribution in [3.8, 4) is 6.07 Å². The third kappa shape index (κ3) is 2.40. The minimum Gasteiger partial charge on any atom is -0.372 e. The molecule has 0 N–H and O–H groups in total. The first-order valence-corrected chi connectivity index (χ1v) is 5.71. The fraction of sp³-hybridized carbons (Fsp3) is 0.462. The van der Waals surface area contributed by atoms with Gasteiger partial charge in [0.05, 0.1) is 17.9 Å². The van der Waals surface area contributed by atoms with Crippen LogP contribution in [-0.4, -0.2) is 25.3 Å². The highest BCUT2D eigenvalue weighted by molar-refractivity contribution is 5.60. The van der Waals surface area contributed by atoms with Gasteiger partial charge in [0.25, 0.3) is 0 Å². The van der Waals surface area contributed by atoms with Gasteiger partial charge in [0.1, 0.15) is 17.4 Å². The predicted molar refractivity (Wildman–Crippen MR) is 63.3 cm³/mol. The first-order valence-electron chi connectivity index (χ1n) is 5.71. The average Bonchev–Trinajstić information content (AvgIpc) is 2.27. The highest BCUT2D eigenvalue weighted by Crippen LogP contribution is 2.25. The van der Waals surface area contributed by atoms with Gasteiger partial charge in [-0.1, -0.05) is 6.07 Å². The maximum Gasteiger partial charge on any atom is 0.143 e. The highest BCUT2D eigenvalue weighted by Gasteiger charge is 2.24. The lowest BCUT2D eigenvalue weighted by atomic mass is 10.1. The standard InChI is InChI=1S/C13H15FN2O/c1-9-7-16(8-10(2)17-9)13-5-3-4-12(14)11(13)6-15/h3-5,9-10H,7-8H2,1-2H3. The lowest BCUT2D eigenvalue weighted by molar-refractivity contribution is -0.00524. The number of halogens is 1. The van der Waals surface area contributed by atoms with Crippen molar-refractivity contribution in [2.75, 3.05) is 18.0 Å². The minimum absolute atomic E-state index is 0.0913. The van der Waals surface area contributed by atoms with Crippen molar-refractivity contribution in [2.24, 2.45) is 0 Å². The number of hydrogen-bond donors (Lipinski definition) is 0. The molecule has 4 heteroatoms. The molecule has 1 saturated heterocycles. The Labute approximate surface area is 100 Å². The van der Waals surface area contributed by atoms with Crippen LogP contribution in [0.4, 0.5) is 10.1 Å². The number of anilines is 1. The summed E-state index contributed by atoms with van der Waals surface area (Å²) in [6.07, 6.45) is 0.183. The Morgan fingerprint density at radius 1 is 1.35 bits per heavy atom. The van der Waals surface area contributed by atoms with Gasteiger partial charge in [0, 0.05) is 13.1 Å². The summed E-state index contributed by atoms with van der Waals surface area (Å²) in [7, 11) is 0. The van der Waals surface area contributed by atoms with Crippen molar-refractivity contribution in [3.63, 3.8) is 0 Å². The molecule has 1 aliphatic heterocycles. The van der Waals surface area contributed by atoms with Gasteiger partial charge in [-0.3, -0.25) is 0 Å². The minimum atomic E-state index is -0.461. The molecule has 2 atom stereocenters. The van der Waals surface area contributed by atoms with Crippen LogP contribution in [0, 0.1) is 17.1 Å². The van der Waals surface area contributed by atoms with E-state index in [1.807, 2.05) is 24.8 Å². The molecule has 0 saturated carbocycles. The van der Waals surface area contributed by atoms with E-state index < -0.39 is 5.82 Å². The topological polar surface area (TPSA) is 36.3 Å². The van der Waals surface area contributed by atoms with Gasteiger partial charge in [-0.25, -0.2) is 4.39 Å². The molecule has 2 unspecified atom stereocenters. The van der Waals surface area contributed by atoms with Crippen LogP contribution in [0.15, 0.2) is 18.2 Å². The van der Waals surface area contributed by atoms with Crippen LogP contribution in [0.25, 0.3) is 0 Å². The van der Waals surface area contributed by atoms with Crippen molar-refractivity contribution >= 4 is 5.69 Å². The van der Waals surface area contributed by atoms with E-state index in [4.69, 9.17) is 10.00 Å². The number of ether oxygens (including phenoxy) is 1. The summed E-state index contributed by atoms with van der Waals surface area (Å²) >= 11 is 0. The van der Waals surface area contributed by atoms with Crippen molar-refractivity contribution in [2.45, 2.75) is 26.1 Å². The van der Waals surface area contributed by atoms with Crippen LogP contribution in [0.2, 0.25) is 0 Å². The molecule has 0 aromatic heterocycles. The number of nitriles is 1. The second kappa shape index (κ2) is 4.72. The van der Waals surface area contributed by atoms with Crippen LogP contribution >= 0.6 is 0 Å². The fourth-order valence-electron chi connectivity index (χ4n) is 2.26. The zero-order chi connectivity index (χ0) is 12.4. The smallest absolute Gasteiger partial charge is 0.143 e. The fourth-order valence-corrected chi connectivity index (χ4v) is 2.26. The lowest BCUT2D eigenvalue weighted by Crippen LogP contribution is -2.45. The second-order valence-electron chi connectivity index (χ2n) is 4.41. The maximum atomic E-state index is 13.5. The monoisotopic (exact) mass is 234 g/mol. The molecule has 1 heterocycles. The zero-order valence-corrected chi connectivity index (χ0v) is 9.98. The Hall–Kier alpha value is -1.60. The largest absolute Gasteiger partial charge is 0.372 e. The van der Waals surface area contributed by atoms with Crippen molar-refractivity contribution < 1.29 is 9.13 Å². The molecular formula is C13H15FN2O. The molecule has 0 aliphatic carbocycles. The van der Waals surface area contributed by atoms with E-state index in [-0.39, 0.29) is 17.8 Å². The van der Waals surface area contributed by atoms with E-state index in [1.165, 1.54) is 6.07 Å². The molecule has 0 spiro atoms. The summed E-state index contributed by atoms with van der Waals surface area (Å²) in [6.45, 7) is 5.33. The van der Waals surface area contributed by atoms with Crippen molar-refractivity contribution in [1.82, 2.24) is 0 Å². The average molecular weight is 234 g/mol. The van der Waals surface area contributed by atoms with Gasteiger partial charge < -0.3 is 9.64 Å². The Balaban J connectivity index is 2.34. The number of morpholine rings is 1. The summed E-state index contributed by atoms with van der Waals surface area (Å²) in [5.41, 5.74) is 0.781. The van der Waals surface area contributed by atoms with Crippen LogP contribution in [0.5, 0.6) is 0 Å². The molecule has 2 rings (SSSR count). The molecule has 1 aromatic carbocycles. The normalized spacial score (nSPS) is 24.5. The van der Waals surface area contributed by atoms with E-state index in [1.54, 1.807) is 12.1 Å². The SMILES string of the molecule is CC1CN(c2cccc(F)c2C#N)CC(C)O1. The number of hydrogen-bond acceptors (Lipinski definition) is 3. The van der Waals surface area contributed by atoms with Gasteiger partial charge in [0.2, 0.25) is 0 Å².